The minimum atomic E-state index is -0.0585. The van der Waals surface area contributed by atoms with Gasteiger partial charge in [0.2, 0.25) is 5.91 Å². The molecular weight excluding hydrogens is 312 g/mol. The van der Waals surface area contributed by atoms with Crippen LogP contribution in [0.5, 0.6) is 0 Å². The molecule has 2 fully saturated rings. The van der Waals surface area contributed by atoms with Crippen LogP contribution in [0.15, 0.2) is 16.8 Å². The standard InChI is InChI=1S/C16H20N4O2S/c21-8-14-18-19-16(20(14)13-1-2-13)11-6-12(7-11)17-15(22)5-10-3-4-23-9-10/h3-4,9,11-13,21H,1-2,5-8H2,(H,17,22). The highest BCUT2D eigenvalue weighted by atomic mass is 32.1. The normalized spacial score (nSPS) is 23.5. The second-order valence-corrected chi connectivity index (χ2v) is 7.25. The van der Waals surface area contributed by atoms with Gasteiger partial charge in [-0.2, -0.15) is 11.3 Å². The topological polar surface area (TPSA) is 80.0 Å². The van der Waals surface area contributed by atoms with E-state index in [2.05, 4.69) is 20.1 Å². The van der Waals surface area contributed by atoms with Gasteiger partial charge in [-0.25, -0.2) is 0 Å². The Kier molecular flexibility index (Phi) is 3.90. The number of carbonyl (C=O) groups is 1. The van der Waals surface area contributed by atoms with Crippen LogP contribution in [0, 0.1) is 0 Å². The Balaban J connectivity index is 1.33. The molecule has 2 aromatic rings. The summed E-state index contributed by atoms with van der Waals surface area (Å²) < 4.78 is 2.12. The molecule has 0 atom stereocenters. The summed E-state index contributed by atoms with van der Waals surface area (Å²) in [5.74, 6) is 2.09. The molecule has 0 spiro atoms. The van der Waals surface area contributed by atoms with E-state index in [4.69, 9.17) is 0 Å². The molecule has 122 valence electrons. The fourth-order valence-electron chi connectivity index (χ4n) is 3.26. The van der Waals surface area contributed by atoms with Crippen molar-refractivity contribution in [3.05, 3.63) is 34.0 Å². The summed E-state index contributed by atoms with van der Waals surface area (Å²) in [5.41, 5.74) is 1.07. The maximum Gasteiger partial charge on any atom is 0.224 e. The average Bonchev–Trinajstić information content (AvgIpc) is 3.05. The highest BCUT2D eigenvalue weighted by Crippen LogP contribution is 2.42. The molecule has 7 heteroatoms. The zero-order valence-electron chi connectivity index (χ0n) is 12.8. The quantitative estimate of drug-likeness (QED) is 0.845. The fraction of sp³-hybridized carbons (Fsp3) is 0.562. The molecule has 1 amide bonds. The van der Waals surface area contributed by atoms with E-state index in [1.807, 2.05) is 16.8 Å². The molecule has 0 saturated heterocycles. The van der Waals surface area contributed by atoms with Crippen LogP contribution in [0.3, 0.4) is 0 Å². The lowest BCUT2D eigenvalue weighted by Crippen LogP contribution is -2.44. The van der Waals surface area contributed by atoms with Crippen LogP contribution >= 0.6 is 11.3 Å². The largest absolute Gasteiger partial charge is 0.388 e. The highest BCUT2D eigenvalue weighted by Gasteiger charge is 2.38. The minimum absolute atomic E-state index is 0.0585. The van der Waals surface area contributed by atoms with E-state index in [9.17, 15) is 9.90 Å². The first kappa shape index (κ1) is 14.8. The maximum absolute atomic E-state index is 12.0. The number of aromatic nitrogens is 3. The average molecular weight is 332 g/mol. The Hall–Kier alpha value is -1.73. The van der Waals surface area contributed by atoms with Crippen molar-refractivity contribution in [2.24, 2.45) is 0 Å². The van der Waals surface area contributed by atoms with Crippen LogP contribution in [0.4, 0.5) is 0 Å². The molecule has 6 nitrogen and oxygen atoms in total. The van der Waals surface area contributed by atoms with E-state index in [0.717, 1.165) is 37.1 Å². The van der Waals surface area contributed by atoms with E-state index in [-0.39, 0.29) is 18.6 Å². The van der Waals surface area contributed by atoms with Crippen molar-refractivity contribution in [3.63, 3.8) is 0 Å². The fourth-order valence-corrected chi connectivity index (χ4v) is 3.93. The van der Waals surface area contributed by atoms with E-state index in [1.165, 1.54) is 0 Å². The Morgan fingerprint density at radius 1 is 1.39 bits per heavy atom. The molecule has 2 aliphatic rings. The lowest BCUT2D eigenvalue weighted by Gasteiger charge is -2.35. The summed E-state index contributed by atoms with van der Waals surface area (Å²) >= 11 is 1.61. The van der Waals surface area contributed by atoms with Gasteiger partial charge in [0.1, 0.15) is 12.4 Å². The molecule has 23 heavy (non-hydrogen) atoms. The monoisotopic (exact) mass is 332 g/mol. The molecule has 0 bridgehead atoms. The summed E-state index contributed by atoms with van der Waals surface area (Å²) in [5, 5.41) is 24.9. The van der Waals surface area contributed by atoms with Crippen LogP contribution in [0.2, 0.25) is 0 Å². The third kappa shape index (κ3) is 3.03. The predicted octanol–water partition coefficient (Wildman–Crippen LogP) is 1.77. The van der Waals surface area contributed by atoms with Gasteiger partial charge in [0, 0.05) is 18.0 Å². The maximum atomic E-state index is 12.0. The number of carbonyl (C=O) groups excluding carboxylic acids is 1. The number of thiophene rings is 1. The number of nitrogens with zero attached hydrogens (tertiary/aromatic N) is 3. The molecule has 2 saturated carbocycles. The molecule has 0 unspecified atom stereocenters. The third-order valence-corrected chi connectivity index (χ3v) is 5.39. The second kappa shape index (κ2) is 6.05. The molecule has 4 rings (SSSR count). The highest BCUT2D eigenvalue weighted by molar-refractivity contribution is 7.07. The zero-order chi connectivity index (χ0) is 15.8. The SMILES string of the molecule is O=C(Cc1ccsc1)NC1CC(c2nnc(CO)n2C2CC2)C1. The van der Waals surface area contributed by atoms with Crippen molar-refractivity contribution >= 4 is 17.2 Å². The predicted molar refractivity (Wildman–Crippen MR) is 86.1 cm³/mol. The molecular formula is C16H20N4O2S. The van der Waals surface area contributed by atoms with Gasteiger partial charge in [-0.1, -0.05) is 0 Å². The van der Waals surface area contributed by atoms with Crippen molar-refractivity contribution in [2.75, 3.05) is 0 Å². The molecule has 2 heterocycles. The Labute approximate surface area is 138 Å². The number of hydrogen-bond donors (Lipinski definition) is 2. The first-order chi connectivity index (χ1) is 11.2. The molecule has 2 aliphatic carbocycles. The third-order valence-electron chi connectivity index (χ3n) is 4.66. The lowest BCUT2D eigenvalue weighted by atomic mass is 9.79. The smallest absolute Gasteiger partial charge is 0.224 e. The number of aliphatic hydroxyl groups excluding tert-OH is 1. The molecule has 2 aromatic heterocycles. The summed E-state index contributed by atoms with van der Waals surface area (Å²) in [4.78, 5) is 12.0. The van der Waals surface area contributed by atoms with E-state index in [0.29, 0.717) is 24.2 Å². The Bertz CT molecular complexity index is 687. The molecule has 0 aliphatic heterocycles. The van der Waals surface area contributed by atoms with Crippen molar-refractivity contribution in [2.45, 2.75) is 56.7 Å². The number of nitrogens with one attached hydrogen (secondary N) is 1. The van der Waals surface area contributed by atoms with Crippen LogP contribution in [-0.4, -0.2) is 31.8 Å². The van der Waals surface area contributed by atoms with Gasteiger partial charge < -0.3 is 15.0 Å². The van der Waals surface area contributed by atoms with Gasteiger partial charge in [0.15, 0.2) is 5.82 Å². The Morgan fingerprint density at radius 3 is 2.87 bits per heavy atom. The van der Waals surface area contributed by atoms with Gasteiger partial charge in [0.05, 0.1) is 6.42 Å². The summed E-state index contributed by atoms with van der Waals surface area (Å²) in [6, 6.07) is 2.69. The van der Waals surface area contributed by atoms with Crippen molar-refractivity contribution in [1.29, 1.82) is 0 Å². The van der Waals surface area contributed by atoms with Crippen molar-refractivity contribution in [3.8, 4) is 0 Å². The van der Waals surface area contributed by atoms with Gasteiger partial charge in [-0.3, -0.25) is 4.79 Å². The van der Waals surface area contributed by atoms with Gasteiger partial charge >= 0.3 is 0 Å². The second-order valence-electron chi connectivity index (χ2n) is 6.47. The molecule has 0 radical (unpaired) electrons. The van der Waals surface area contributed by atoms with Crippen LogP contribution in [0.25, 0.3) is 0 Å². The van der Waals surface area contributed by atoms with E-state index in [1.54, 1.807) is 11.3 Å². The first-order valence-electron chi connectivity index (χ1n) is 8.09. The van der Waals surface area contributed by atoms with Gasteiger partial charge in [-0.05, 0) is 48.1 Å². The Morgan fingerprint density at radius 2 is 2.22 bits per heavy atom. The number of hydrogen-bond acceptors (Lipinski definition) is 5. The molecule has 2 N–H and O–H groups in total. The number of amides is 1. The van der Waals surface area contributed by atoms with Crippen LogP contribution < -0.4 is 5.32 Å². The number of aliphatic hydroxyl groups is 1. The van der Waals surface area contributed by atoms with E-state index >= 15 is 0 Å². The molecule has 0 aromatic carbocycles. The summed E-state index contributed by atoms with van der Waals surface area (Å²) in [6.45, 7) is -0.0585. The van der Waals surface area contributed by atoms with Gasteiger partial charge in [0.25, 0.3) is 0 Å². The lowest BCUT2D eigenvalue weighted by molar-refractivity contribution is -0.121. The zero-order valence-corrected chi connectivity index (χ0v) is 13.6. The summed E-state index contributed by atoms with van der Waals surface area (Å²) in [6.07, 6.45) is 4.56. The van der Waals surface area contributed by atoms with E-state index < -0.39 is 0 Å². The number of rotatable bonds is 6. The van der Waals surface area contributed by atoms with Crippen molar-refractivity contribution < 1.29 is 9.90 Å². The first-order valence-corrected chi connectivity index (χ1v) is 9.04. The summed E-state index contributed by atoms with van der Waals surface area (Å²) in [7, 11) is 0. The minimum Gasteiger partial charge on any atom is -0.388 e. The van der Waals surface area contributed by atoms with Gasteiger partial charge in [-0.15, -0.1) is 10.2 Å². The van der Waals surface area contributed by atoms with Crippen molar-refractivity contribution in [1.82, 2.24) is 20.1 Å². The van der Waals surface area contributed by atoms with Crippen LogP contribution in [0.1, 0.15) is 54.9 Å². The van der Waals surface area contributed by atoms with Crippen LogP contribution in [-0.2, 0) is 17.8 Å².